The smallest absolute Gasteiger partial charge is 0.242 e. The van der Waals surface area contributed by atoms with Crippen LogP contribution in [0.2, 0.25) is 0 Å². The summed E-state index contributed by atoms with van der Waals surface area (Å²) in [5, 5.41) is 10.5. The van der Waals surface area contributed by atoms with E-state index >= 15 is 0 Å². The monoisotopic (exact) mass is 341 g/mol. The van der Waals surface area contributed by atoms with Crippen molar-refractivity contribution in [1.29, 1.82) is 0 Å². The minimum absolute atomic E-state index is 0.0692. The molecule has 1 atom stereocenters. The largest absolute Gasteiger partial charge is 0.325 e. The molecule has 4 nitrogen and oxygen atoms in total. The van der Waals surface area contributed by atoms with E-state index in [0.717, 1.165) is 21.2 Å². The summed E-state index contributed by atoms with van der Waals surface area (Å²) in [4.78, 5) is 12.7. The zero-order valence-electron chi connectivity index (χ0n) is 12.5. The molecule has 1 heterocycles. The number of carbonyl (C=O) groups excluding carboxylic acids is 1. The van der Waals surface area contributed by atoms with E-state index in [1.54, 1.807) is 5.51 Å². The van der Waals surface area contributed by atoms with E-state index in [4.69, 9.17) is 0 Å². The predicted octanol–water partition coefficient (Wildman–Crippen LogP) is 4.32. The maximum atomic E-state index is 12.7. The lowest BCUT2D eigenvalue weighted by molar-refractivity contribution is -0.115. The van der Waals surface area contributed by atoms with Crippen LogP contribution in [0.3, 0.4) is 0 Å². The Balaban J connectivity index is 1.82. The van der Waals surface area contributed by atoms with Crippen LogP contribution in [0.15, 0.2) is 64.4 Å². The highest BCUT2D eigenvalue weighted by Gasteiger charge is 2.23. The highest BCUT2D eigenvalue weighted by molar-refractivity contribution is 8.01. The standard InChI is InChI=1S/C17H15N3OS2/c1-12-7-9-14(10-8-12)19-16(21)15(13-5-3-2-4-6-13)23-17-20-18-11-22-17/h2-11,15H,1H3,(H,19,21)/t15-/m1/s1. The fourth-order valence-corrected chi connectivity index (χ4v) is 3.73. The molecule has 0 aliphatic heterocycles. The first-order chi connectivity index (χ1) is 11.2. The molecule has 6 heteroatoms. The molecule has 0 fully saturated rings. The Morgan fingerprint density at radius 3 is 2.52 bits per heavy atom. The Morgan fingerprint density at radius 2 is 1.87 bits per heavy atom. The van der Waals surface area contributed by atoms with Crippen molar-refractivity contribution in [3.8, 4) is 0 Å². The van der Waals surface area contributed by atoms with Gasteiger partial charge in [-0.25, -0.2) is 0 Å². The van der Waals surface area contributed by atoms with Crippen LogP contribution in [-0.2, 0) is 4.79 Å². The van der Waals surface area contributed by atoms with Crippen molar-refractivity contribution >= 4 is 34.7 Å². The zero-order chi connectivity index (χ0) is 16.1. The van der Waals surface area contributed by atoms with Gasteiger partial charge in [-0.05, 0) is 24.6 Å². The van der Waals surface area contributed by atoms with Gasteiger partial charge in [0.15, 0.2) is 4.34 Å². The van der Waals surface area contributed by atoms with Crippen molar-refractivity contribution in [1.82, 2.24) is 10.2 Å². The zero-order valence-corrected chi connectivity index (χ0v) is 14.1. The maximum absolute atomic E-state index is 12.7. The number of rotatable bonds is 5. The summed E-state index contributed by atoms with van der Waals surface area (Å²) in [6.07, 6.45) is 0. The first kappa shape index (κ1) is 15.7. The molecule has 0 radical (unpaired) electrons. The number of anilines is 1. The average Bonchev–Trinajstić information content (AvgIpc) is 3.09. The van der Waals surface area contributed by atoms with Crippen molar-refractivity contribution in [2.45, 2.75) is 16.5 Å². The van der Waals surface area contributed by atoms with Crippen molar-refractivity contribution < 1.29 is 4.79 Å². The third-order valence-electron chi connectivity index (χ3n) is 3.22. The number of carbonyl (C=O) groups is 1. The van der Waals surface area contributed by atoms with Crippen LogP contribution in [0.4, 0.5) is 5.69 Å². The van der Waals surface area contributed by atoms with Gasteiger partial charge in [0.05, 0.1) is 0 Å². The first-order valence-corrected chi connectivity index (χ1v) is 8.83. The average molecular weight is 341 g/mol. The second-order valence-corrected chi connectivity index (χ2v) is 7.15. The second-order valence-electron chi connectivity index (χ2n) is 4.97. The van der Waals surface area contributed by atoms with Crippen molar-refractivity contribution in [2.75, 3.05) is 5.32 Å². The number of aryl methyl sites for hydroxylation is 1. The molecule has 1 aromatic heterocycles. The van der Waals surface area contributed by atoms with Gasteiger partial charge in [0.1, 0.15) is 10.8 Å². The van der Waals surface area contributed by atoms with Gasteiger partial charge in [0.25, 0.3) is 0 Å². The van der Waals surface area contributed by atoms with E-state index < -0.39 is 0 Å². The number of nitrogens with one attached hydrogen (secondary N) is 1. The second kappa shape index (κ2) is 7.39. The highest BCUT2D eigenvalue weighted by Crippen LogP contribution is 2.36. The molecule has 2 aromatic carbocycles. The van der Waals surface area contributed by atoms with Gasteiger partial charge in [0.2, 0.25) is 5.91 Å². The minimum atomic E-state index is -0.370. The van der Waals surface area contributed by atoms with Crippen LogP contribution in [0.25, 0.3) is 0 Å². The molecule has 0 bridgehead atoms. The van der Waals surface area contributed by atoms with Crippen LogP contribution in [-0.4, -0.2) is 16.1 Å². The molecule has 3 aromatic rings. The summed E-state index contributed by atoms with van der Waals surface area (Å²) in [6.45, 7) is 2.02. The van der Waals surface area contributed by atoms with Crippen LogP contribution >= 0.6 is 23.1 Å². The minimum Gasteiger partial charge on any atom is -0.325 e. The predicted molar refractivity (Wildman–Crippen MR) is 94.8 cm³/mol. The molecule has 1 N–H and O–H groups in total. The van der Waals surface area contributed by atoms with E-state index in [1.165, 1.54) is 23.1 Å². The van der Waals surface area contributed by atoms with Gasteiger partial charge in [-0.3, -0.25) is 4.79 Å². The topological polar surface area (TPSA) is 54.9 Å². The molecule has 3 rings (SSSR count). The van der Waals surface area contributed by atoms with Gasteiger partial charge in [-0.15, -0.1) is 10.2 Å². The molecule has 1 amide bonds. The molecule has 0 spiro atoms. The summed E-state index contributed by atoms with van der Waals surface area (Å²) >= 11 is 2.84. The van der Waals surface area contributed by atoms with Gasteiger partial charge < -0.3 is 5.32 Å². The number of benzene rings is 2. The molecule has 0 aliphatic carbocycles. The molecule has 23 heavy (non-hydrogen) atoms. The Kier molecular flexibility index (Phi) is 5.05. The lowest BCUT2D eigenvalue weighted by atomic mass is 10.1. The maximum Gasteiger partial charge on any atom is 0.242 e. The quantitative estimate of drug-likeness (QED) is 0.702. The van der Waals surface area contributed by atoms with Crippen LogP contribution in [0, 0.1) is 6.92 Å². The Bertz CT molecular complexity index is 758. The summed E-state index contributed by atoms with van der Waals surface area (Å²) in [6, 6.07) is 17.5. The van der Waals surface area contributed by atoms with Crippen molar-refractivity contribution in [2.24, 2.45) is 0 Å². The molecule has 116 valence electrons. The SMILES string of the molecule is Cc1ccc(NC(=O)[C@H](Sc2nncs2)c2ccccc2)cc1. The molecule has 0 saturated heterocycles. The van der Waals surface area contributed by atoms with E-state index in [0.29, 0.717) is 0 Å². The number of aromatic nitrogens is 2. The third-order valence-corrected chi connectivity index (χ3v) is 5.28. The van der Waals surface area contributed by atoms with Gasteiger partial charge in [0, 0.05) is 5.69 Å². The van der Waals surface area contributed by atoms with Gasteiger partial charge in [-0.2, -0.15) is 0 Å². The highest BCUT2D eigenvalue weighted by atomic mass is 32.2. The van der Waals surface area contributed by atoms with Crippen LogP contribution < -0.4 is 5.32 Å². The Labute approximate surface area is 143 Å². The van der Waals surface area contributed by atoms with E-state index in [9.17, 15) is 4.79 Å². The molecule has 0 unspecified atom stereocenters. The van der Waals surface area contributed by atoms with E-state index in [2.05, 4.69) is 15.5 Å². The Morgan fingerprint density at radius 1 is 1.13 bits per heavy atom. The number of nitrogens with zero attached hydrogens (tertiary/aromatic N) is 2. The summed E-state index contributed by atoms with van der Waals surface area (Å²) in [7, 11) is 0. The van der Waals surface area contributed by atoms with Crippen molar-refractivity contribution in [3.05, 3.63) is 71.2 Å². The summed E-state index contributed by atoms with van der Waals surface area (Å²) in [5.41, 5.74) is 4.56. The Hall–Kier alpha value is -2.18. The van der Waals surface area contributed by atoms with Crippen molar-refractivity contribution in [3.63, 3.8) is 0 Å². The number of hydrogen-bond donors (Lipinski definition) is 1. The fourth-order valence-electron chi connectivity index (χ4n) is 2.06. The van der Waals surface area contributed by atoms with Crippen LogP contribution in [0.1, 0.15) is 16.4 Å². The molecular weight excluding hydrogens is 326 g/mol. The molecular formula is C17H15N3OS2. The third kappa shape index (κ3) is 4.18. The number of thioether (sulfide) groups is 1. The lowest BCUT2D eigenvalue weighted by Crippen LogP contribution is -2.19. The van der Waals surface area contributed by atoms with E-state index in [-0.39, 0.29) is 11.2 Å². The van der Waals surface area contributed by atoms with Gasteiger partial charge >= 0.3 is 0 Å². The van der Waals surface area contributed by atoms with Gasteiger partial charge in [-0.1, -0.05) is 71.1 Å². The lowest BCUT2D eigenvalue weighted by Gasteiger charge is -2.15. The number of amides is 1. The summed E-state index contributed by atoms with van der Waals surface area (Å²) in [5.74, 6) is -0.0692. The fraction of sp³-hybridized carbons (Fsp3) is 0.118. The molecule has 0 saturated carbocycles. The number of hydrogen-bond acceptors (Lipinski definition) is 5. The van der Waals surface area contributed by atoms with Crippen LogP contribution in [0.5, 0.6) is 0 Å². The van der Waals surface area contributed by atoms with E-state index in [1.807, 2.05) is 61.5 Å². The summed E-state index contributed by atoms with van der Waals surface area (Å²) < 4.78 is 0.776. The normalized spacial score (nSPS) is 11.9. The first-order valence-electron chi connectivity index (χ1n) is 7.07. The molecule has 0 aliphatic rings.